The molecule has 0 unspecified atom stereocenters. The van der Waals surface area contributed by atoms with Crippen molar-refractivity contribution in [2.24, 2.45) is 0 Å². The lowest BCUT2D eigenvalue weighted by molar-refractivity contribution is 0.102. The Labute approximate surface area is 135 Å². The zero-order valence-electron chi connectivity index (χ0n) is 13.5. The van der Waals surface area contributed by atoms with Gasteiger partial charge in [0.05, 0.1) is 5.52 Å². The molecule has 116 valence electrons. The third-order valence-electron chi connectivity index (χ3n) is 4.93. The van der Waals surface area contributed by atoms with Crippen LogP contribution in [-0.2, 0) is 13.0 Å². The van der Waals surface area contributed by atoms with Crippen LogP contribution in [0.3, 0.4) is 0 Å². The number of rotatable bonds is 2. The number of hydrogen-bond donors (Lipinski definition) is 1. The molecule has 2 aromatic carbocycles. The number of carbonyl (C=O) groups excluding carboxylic acids is 1. The number of amides is 1. The lowest BCUT2D eigenvalue weighted by atomic mass is 10.0. The van der Waals surface area contributed by atoms with Crippen molar-refractivity contribution in [1.29, 1.82) is 0 Å². The van der Waals surface area contributed by atoms with Crippen molar-refractivity contribution in [2.75, 3.05) is 5.32 Å². The summed E-state index contributed by atoms with van der Waals surface area (Å²) in [6.45, 7) is 5.46. The first kappa shape index (κ1) is 14.1. The van der Waals surface area contributed by atoms with E-state index in [1.165, 1.54) is 27.7 Å². The quantitative estimate of drug-likeness (QED) is 0.745. The van der Waals surface area contributed by atoms with Crippen LogP contribution in [0.2, 0.25) is 0 Å². The maximum Gasteiger partial charge on any atom is 0.255 e. The van der Waals surface area contributed by atoms with E-state index in [1.807, 2.05) is 30.3 Å². The average Bonchev–Trinajstić information content (AvgIpc) is 2.82. The summed E-state index contributed by atoms with van der Waals surface area (Å²) < 4.78 is 2.42. The minimum Gasteiger partial charge on any atom is -0.344 e. The maximum absolute atomic E-state index is 12.4. The standard InChI is InChI=1S/C20H20N2O/c1-13-14(2)22-10-6-9-16-11-17(12-18(13)19(16)22)21-20(23)15-7-4-3-5-8-15/h3-5,7-8,11-12H,6,9-10H2,1-2H3,(H,21,23). The van der Waals surface area contributed by atoms with Crippen LogP contribution in [-0.4, -0.2) is 10.5 Å². The highest BCUT2D eigenvalue weighted by Crippen LogP contribution is 2.34. The van der Waals surface area contributed by atoms with Gasteiger partial charge in [0.1, 0.15) is 0 Å². The first-order chi connectivity index (χ1) is 11.1. The van der Waals surface area contributed by atoms with E-state index in [9.17, 15) is 4.79 Å². The SMILES string of the molecule is Cc1c(C)n2c3c(cc(NC(=O)c4ccccc4)cc13)CCC2. The molecule has 2 heterocycles. The smallest absolute Gasteiger partial charge is 0.255 e. The van der Waals surface area contributed by atoms with E-state index >= 15 is 0 Å². The van der Waals surface area contributed by atoms with Crippen LogP contribution >= 0.6 is 0 Å². The molecule has 4 rings (SSSR count). The molecule has 3 nitrogen and oxygen atoms in total. The molecule has 1 N–H and O–H groups in total. The van der Waals surface area contributed by atoms with Gasteiger partial charge in [0, 0.05) is 28.9 Å². The van der Waals surface area contributed by atoms with Crippen LogP contribution in [0.15, 0.2) is 42.5 Å². The van der Waals surface area contributed by atoms with Gasteiger partial charge in [0.15, 0.2) is 0 Å². The van der Waals surface area contributed by atoms with E-state index in [0.717, 1.165) is 25.1 Å². The number of nitrogens with one attached hydrogen (secondary N) is 1. The molecule has 23 heavy (non-hydrogen) atoms. The van der Waals surface area contributed by atoms with Crippen molar-refractivity contribution in [3.8, 4) is 0 Å². The summed E-state index contributed by atoms with van der Waals surface area (Å²) in [6, 6.07) is 13.6. The number of carbonyl (C=O) groups is 1. The number of aryl methyl sites for hydroxylation is 3. The Bertz CT molecular complexity index is 907. The van der Waals surface area contributed by atoms with Crippen molar-refractivity contribution in [3.05, 3.63) is 64.8 Å². The molecule has 3 aromatic rings. The molecule has 0 spiro atoms. The highest BCUT2D eigenvalue weighted by molar-refractivity contribution is 6.05. The lowest BCUT2D eigenvalue weighted by Crippen LogP contribution is -2.13. The average molecular weight is 304 g/mol. The molecule has 0 aliphatic carbocycles. The zero-order chi connectivity index (χ0) is 16.0. The van der Waals surface area contributed by atoms with Crippen molar-refractivity contribution in [3.63, 3.8) is 0 Å². The predicted octanol–water partition coefficient (Wildman–Crippen LogP) is 4.46. The van der Waals surface area contributed by atoms with Crippen LogP contribution in [0.1, 0.15) is 33.6 Å². The largest absolute Gasteiger partial charge is 0.344 e. The molecule has 0 atom stereocenters. The summed E-state index contributed by atoms with van der Waals surface area (Å²) in [7, 11) is 0. The van der Waals surface area contributed by atoms with Gasteiger partial charge in [0.2, 0.25) is 0 Å². The summed E-state index contributed by atoms with van der Waals surface area (Å²) >= 11 is 0. The fourth-order valence-electron chi connectivity index (χ4n) is 3.63. The second kappa shape index (κ2) is 5.27. The highest BCUT2D eigenvalue weighted by Gasteiger charge is 2.19. The van der Waals surface area contributed by atoms with Gasteiger partial charge < -0.3 is 9.88 Å². The van der Waals surface area contributed by atoms with Gasteiger partial charge in [0.25, 0.3) is 5.91 Å². The summed E-state index contributed by atoms with van der Waals surface area (Å²) in [4.78, 5) is 12.4. The fraction of sp³-hybridized carbons (Fsp3) is 0.250. The maximum atomic E-state index is 12.4. The molecule has 0 bridgehead atoms. The van der Waals surface area contributed by atoms with Crippen LogP contribution < -0.4 is 5.32 Å². The van der Waals surface area contributed by atoms with Gasteiger partial charge in [-0.1, -0.05) is 18.2 Å². The van der Waals surface area contributed by atoms with Gasteiger partial charge in [-0.15, -0.1) is 0 Å². The summed E-state index contributed by atoms with van der Waals surface area (Å²) in [5.74, 6) is -0.0539. The number of aromatic nitrogens is 1. The zero-order valence-corrected chi connectivity index (χ0v) is 13.5. The molecule has 3 heteroatoms. The first-order valence-electron chi connectivity index (χ1n) is 8.14. The summed E-state index contributed by atoms with van der Waals surface area (Å²) in [5, 5.41) is 4.32. The molecule has 0 radical (unpaired) electrons. The van der Waals surface area contributed by atoms with E-state index in [-0.39, 0.29) is 5.91 Å². The Kier molecular flexibility index (Phi) is 3.22. The Balaban J connectivity index is 1.78. The van der Waals surface area contributed by atoms with E-state index in [1.54, 1.807) is 0 Å². The minimum absolute atomic E-state index is 0.0539. The molecule has 1 aliphatic rings. The van der Waals surface area contributed by atoms with Crippen LogP contribution in [0.25, 0.3) is 10.9 Å². The van der Waals surface area contributed by atoms with Gasteiger partial charge in [-0.3, -0.25) is 4.79 Å². The topological polar surface area (TPSA) is 34.0 Å². The highest BCUT2D eigenvalue weighted by atomic mass is 16.1. The van der Waals surface area contributed by atoms with Crippen LogP contribution in [0, 0.1) is 13.8 Å². The molecular formula is C20H20N2O. The van der Waals surface area contributed by atoms with Gasteiger partial charge in [-0.05, 0) is 62.1 Å². The summed E-state index contributed by atoms with van der Waals surface area (Å²) in [5.41, 5.74) is 6.93. The number of hydrogen-bond acceptors (Lipinski definition) is 1. The Morgan fingerprint density at radius 2 is 1.91 bits per heavy atom. The molecule has 1 amide bonds. The molecule has 0 fully saturated rings. The van der Waals surface area contributed by atoms with E-state index < -0.39 is 0 Å². The number of anilines is 1. The fourth-order valence-corrected chi connectivity index (χ4v) is 3.63. The molecule has 1 aromatic heterocycles. The van der Waals surface area contributed by atoms with Crippen molar-refractivity contribution >= 4 is 22.5 Å². The van der Waals surface area contributed by atoms with Crippen LogP contribution in [0.4, 0.5) is 5.69 Å². The minimum atomic E-state index is -0.0539. The van der Waals surface area contributed by atoms with Gasteiger partial charge in [-0.2, -0.15) is 0 Å². The van der Waals surface area contributed by atoms with E-state index in [0.29, 0.717) is 5.56 Å². The van der Waals surface area contributed by atoms with E-state index in [2.05, 4.69) is 35.9 Å². The first-order valence-corrected chi connectivity index (χ1v) is 8.14. The van der Waals surface area contributed by atoms with Crippen LogP contribution in [0.5, 0.6) is 0 Å². The lowest BCUT2D eigenvalue weighted by Gasteiger charge is -2.18. The third-order valence-corrected chi connectivity index (χ3v) is 4.93. The van der Waals surface area contributed by atoms with Crippen molar-refractivity contribution < 1.29 is 4.79 Å². The summed E-state index contributed by atoms with van der Waals surface area (Å²) in [6.07, 6.45) is 2.24. The monoisotopic (exact) mass is 304 g/mol. The number of nitrogens with zero attached hydrogens (tertiary/aromatic N) is 1. The second-order valence-corrected chi connectivity index (χ2v) is 6.32. The third kappa shape index (κ3) is 2.24. The molecule has 0 saturated heterocycles. The normalized spacial score (nSPS) is 13.3. The second-order valence-electron chi connectivity index (χ2n) is 6.32. The predicted molar refractivity (Wildman–Crippen MR) is 94.1 cm³/mol. The molecular weight excluding hydrogens is 284 g/mol. The Morgan fingerprint density at radius 1 is 1.13 bits per heavy atom. The van der Waals surface area contributed by atoms with Crippen molar-refractivity contribution in [1.82, 2.24) is 4.57 Å². The Hall–Kier alpha value is -2.55. The molecule has 1 aliphatic heterocycles. The van der Waals surface area contributed by atoms with Crippen molar-refractivity contribution in [2.45, 2.75) is 33.2 Å². The Morgan fingerprint density at radius 3 is 2.70 bits per heavy atom. The van der Waals surface area contributed by atoms with E-state index in [4.69, 9.17) is 0 Å². The molecule has 0 saturated carbocycles. The van der Waals surface area contributed by atoms with Gasteiger partial charge >= 0.3 is 0 Å². The van der Waals surface area contributed by atoms with Gasteiger partial charge in [-0.25, -0.2) is 0 Å². The number of benzene rings is 2.